The fourth-order valence-corrected chi connectivity index (χ4v) is 1.48. The van der Waals surface area contributed by atoms with Crippen LogP contribution in [0.5, 0.6) is 5.75 Å². The third-order valence-corrected chi connectivity index (χ3v) is 2.21. The van der Waals surface area contributed by atoms with Crippen molar-refractivity contribution in [2.45, 2.75) is 13.1 Å². The Kier molecular flexibility index (Phi) is 5.79. The van der Waals surface area contributed by atoms with Crippen molar-refractivity contribution in [2.24, 2.45) is 0 Å². The standard InChI is InChI=1S/C11H10N2O4.C2H3F3/c1-16-8-3-2-4-9-7(8)5-10(17-9)11(15)13-12-6-14;1-2(3,4)5/h2-6H,1H3,(H,12,14)(H,13,15);1H3. The average Bonchev–Trinajstić information content (AvgIpc) is 2.86. The van der Waals surface area contributed by atoms with Gasteiger partial charge < -0.3 is 9.15 Å². The number of benzene rings is 1. The largest absolute Gasteiger partial charge is 0.496 e. The van der Waals surface area contributed by atoms with E-state index in [4.69, 9.17) is 9.15 Å². The van der Waals surface area contributed by atoms with E-state index in [0.717, 1.165) is 0 Å². The van der Waals surface area contributed by atoms with Gasteiger partial charge in [-0.05, 0) is 12.1 Å². The van der Waals surface area contributed by atoms with E-state index in [1.165, 1.54) is 7.11 Å². The third-order valence-electron chi connectivity index (χ3n) is 2.21. The molecule has 0 fully saturated rings. The van der Waals surface area contributed by atoms with Gasteiger partial charge >= 0.3 is 12.1 Å². The molecule has 0 atom stereocenters. The molecule has 0 saturated heterocycles. The highest BCUT2D eigenvalue weighted by Gasteiger charge is 2.15. The second kappa shape index (κ2) is 7.34. The zero-order valence-corrected chi connectivity index (χ0v) is 11.7. The summed E-state index contributed by atoms with van der Waals surface area (Å²) in [5, 5.41) is 0.700. The summed E-state index contributed by atoms with van der Waals surface area (Å²) in [5.74, 6) is 0.183. The van der Waals surface area contributed by atoms with Gasteiger partial charge in [0.25, 0.3) is 0 Å². The number of fused-ring (bicyclic) bond motifs is 1. The minimum Gasteiger partial charge on any atom is -0.496 e. The van der Waals surface area contributed by atoms with Crippen molar-refractivity contribution in [3.05, 3.63) is 30.0 Å². The molecule has 0 spiro atoms. The molecule has 0 unspecified atom stereocenters. The van der Waals surface area contributed by atoms with Crippen molar-refractivity contribution in [2.75, 3.05) is 7.11 Å². The van der Waals surface area contributed by atoms with E-state index in [1.807, 2.05) is 5.43 Å². The molecule has 9 heteroatoms. The van der Waals surface area contributed by atoms with E-state index >= 15 is 0 Å². The monoisotopic (exact) mass is 318 g/mol. The lowest BCUT2D eigenvalue weighted by atomic mass is 10.2. The van der Waals surface area contributed by atoms with Crippen molar-refractivity contribution in [1.82, 2.24) is 10.9 Å². The van der Waals surface area contributed by atoms with Gasteiger partial charge in [0.05, 0.1) is 12.5 Å². The number of carbonyl (C=O) groups is 2. The second-order valence-electron chi connectivity index (χ2n) is 3.98. The third kappa shape index (κ3) is 5.35. The topological polar surface area (TPSA) is 80.6 Å². The maximum Gasteiger partial charge on any atom is 0.386 e. The second-order valence-corrected chi connectivity index (χ2v) is 3.98. The summed E-state index contributed by atoms with van der Waals surface area (Å²) in [5.41, 5.74) is 4.75. The molecule has 1 heterocycles. The maximum atomic E-state index is 11.5. The molecule has 0 bridgehead atoms. The molecule has 2 N–H and O–H groups in total. The molecule has 6 nitrogen and oxygen atoms in total. The van der Waals surface area contributed by atoms with Crippen molar-refractivity contribution in [3.63, 3.8) is 0 Å². The fourth-order valence-electron chi connectivity index (χ4n) is 1.48. The number of hydrogen-bond donors (Lipinski definition) is 2. The molecule has 0 radical (unpaired) electrons. The summed E-state index contributed by atoms with van der Waals surface area (Å²) in [6.07, 6.45) is -3.64. The number of halogens is 3. The summed E-state index contributed by atoms with van der Waals surface area (Å²) in [6, 6.07) is 6.80. The summed E-state index contributed by atoms with van der Waals surface area (Å²) in [7, 11) is 1.54. The summed E-state index contributed by atoms with van der Waals surface area (Å²) < 4.78 is 41.5. The first-order valence-electron chi connectivity index (χ1n) is 5.89. The lowest BCUT2D eigenvalue weighted by Gasteiger charge is -1.98. The summed E-state index contributed by atoms with van der Waals surface area (Å²) in [6.45, 7) is 0.188. The molecule has 2 amide bonds. The maximum absolute atomic E-state index is 11.5. The number of alkyl halides is 3. The molecule has 1 aromatic heterocycles. The molecule has 0 saturated carbocycles. The zero-order valence-electron chi connectivity index (χ0n) is 11.7. The highest BCUT2D eigenvalue weighted by atomic mass is 19.4. The molecule has 120 valence electrons. The van der Waals surface area contributed by atoms with Gasteiger partial charge in [-0.3, -0.25) is 20.4 Å². The predicted octanol–water partition coefficient (Wildman–Crippen LogP) is 2.40. The van der Waals surface area contributed by atoms with Crippen molar-refractivity contribution in [3.8, 4) is 5.75 Å². The average molecular weight is 318 g/mol. The first-order valence-corrected chi connectivity index (χ1v) is 5.89. The molecular weight excluding hydrogens is 305 g/mol. The Bertz CT molecular complexity index is 646. The van der Waals surface area contributed by atoms with Crippen LogP contribution in [0.15, 0.2) is 28.7 Å². The van der Waals surface area contributed by atoms with Crippen LogP contribution in [0.3, 0.4) is 0 Å². The van der Waals surface area contributed by atoms with Crippen LogP contribution in [0.2, 0.25) is 0 Å². The minimum absolute atomic E-state index is 0.0962. The van der Waals surface area contributed by atoms with Gasteiger partial charge in [-0.1, -0.05) is 6.07 Å². The molecule has 1 aromatic carbocycles. The van der Waals surface area contributed by atoms with Gasteiger partial charge in [-0.2, -0.15) is 13.2 Å². The number of methoxy groups -OCH3 is 1. The smallest absolute Gasteiger partial charge is 0.386 e. The van der Waals surface area contributed by atoms with Crippen LogP contribution in [0.25, 0.3) is 11.0 Å². The quantitative estimate of drug-likeness (QED) is 0.670. The van der Waals surface area contributed by atoms with Gasteiger partial charge in [-0.15, -0.1) is 0 Å². The van der Waals surface area contributed by atoms with Crippen LogP contribution in [-0.4, -0.2) is 25.6 Å². The van der Waals surface area contributed by atoms with Gasteiger partial charge in [0.2, 0.25) is 6.41 Å². The lowest BCUT2D eigenvalue weighted by molar-refractivity contribution is -0.111. The van der Waals surface area contributed by atoms with Crippen LogP contribution in [0.1, 0.15) is 17.5 Å². The minimum atomic E-state index is -4.00. The fraction of sp³-hybridized carbons (Fsp3) is 0.231. The predicted molar refractivity (Wildman–Crippen MR) is 71.2 cm³/mol. The highest BCUT2D eigenvalue weighted by molar-refractivity contribution is 5.97. The first-order chi connectivity index (χ1) is 10.3. The van der Waals surface area contributed by atoms with Gasteiger partial charge in [-0.25, -0.2) is 0 Å². The molecule has 2 rings (SSSR count). The number of nitrogens with one attached hydrogen (secondary N) is 2. The van der Waals surface area contributed by atoms with Crippen molar-refractivity contribution < 1.29 is 31.9 Å². The van der Waals surface area contributed by atoms with Gasteiger partial charge in [0.1, 0.15) is 11.3 Å². The number of rotatable bonds is 4. The Morgan fingerprint density at radius 3 is 2.55 bits per heavy atom. The molecule has 0 aliphatic rings. The SMILES string of the molecule is CC(F)(F)F.COc1cccc2oc(C(=O)NNC=O)cc12. The number of carbonyl (C=O) groups excluding carboxylic acids is 2. The summed E-state index contributed by atoms with van der Waals surface area (Å²) in [4.78, 5) is 21.5. The molecule has 22 heavy (non-hydrogen) atoms. The van der Waals surface area contributed by atoms with Crippen LogP contribution in [0.4, 0.5) is 13.2 Å². The van der Waals surface area contributed by atoms with E-state index in [2.05, 4.69) is 5.43 Å². The number of ether oxygens (including phenoxy) is 1. The Balaban J connectivity index is 0.000000422. The van der Waals surface area contributed by atoms with Crippen LogP contribution in [0, 0.1) is 0 Å². The van der Waals surface area contributed by atoms with Crippen LogP contribution >= 0.6 is 0 Å². The summed E-state index contributed by atoms with van der Waals surface area (Å²) >= 11 is 0. The Hall–Kier alpha value is -2.71. The Morgan fingerprint density at radius 1 is 1.36 bits per heavy atom. The molecule has 2 aromatic rings. The van der Waals surface area contributed by atoms with Crippen LogP contribution in [-0.2, 0) is 4.79 Å². The molecule has 0 aliphatic carbocycles. The molecule has 0 aliphatic heterocycles. The molecular formula is C13H13F3N2O4. The Labute approximate surface area is 123 Å². The number of amides is 2. The number of hydrogen-bond acceptors (Lipinski definition) is 4. The number of furan rings is 1. The van der Waals surface area contributed by atoms with Crippen molar-refractivity contribution >= 4 is 23.3 Å². The van der Waals surface area contributed by atoms with E-state index < -0.39 is 12.1 Å². The number of hydrazine groups is 1. The van der Waals surface area contributed by atoms with Crippen molar-refractivity contribution in [1.29, 1.82) is 0 Å². The van der Waals surface area contributed by atoms with E-state index in [9.17, 15) is 22.8 Å². The van der Waals surface area contributed by atoms with E-state index in [0.29, 0.717) is 23.1 Å². The van der Waals surface area contributed by atoms with Gasteiger partial charge in [0.15, 0.2) is 5.76 Å². The lowest BCUT2D eigenvalue weighted by Crippen LogP contribution is -2.35. The normalized spacial score (nSPS) is 10.4. The van der Waals surface area contributed by atoms with Crippen LogP contribution < -0.4 is 15.6 Å². The van der Waals surface area contributed by atoms with E-state index in [1.54, 1.807) is 24.3 Å². The zero-order chi connectivity index (χ0) is 16.8. The Morgan fingerprint density at radius 2 is 2.00 bits per heavy atom. The van der Waals surface area contributed by atoms with E-state index in [-0.39, 0.29) is 12.7 Å². The van der Waals surface area contributed by atoms with Gasteiger partial charge in [0, 0.05) is 13.0 Å². The highest BCUT2D eigenvalue weighted by Crippen LogP contribution is 2.28. The first kappa shape index (κ1) is 17.3.